The predicted octanol–water partition coefficient (Wildman–Crippen LogP) is 4.25. The van der Waals surface area contributed by atoms with E-state index in [1.165, 1.54) is 31.3 Å². The lowest BCUT2D eigenvalue weighted by Crippen LogP contribution is -2.49. The summed E-state index contributed by atoms with van der Waals surface area (Å²) in [6, 6.07) is 15.0. The third-order valence-corrected chi connectivity index (χ3v) is 10.6. The average molecular weight is 653 g/mol. The standard InChI is InChI=1S/C36H32N2O10/c1-36-24(32(42)38(35(36)46)17-7-5-4-6-8-17)16-23-20(30(36)29-26(40)14-19(47-2)15-27(29)48-3)11-12-22-28(23)33(43)37(31(22)41)18-9-10-21(34(44)45)25(39)13-18/h4-11,13-15,22-24,28,30,39-40H,12,16H2,1-3H3,(H,44,45)/t22-,23+,24-,28-,30+,36+/m0/s1. The number of aromatic carboxylic acids is 1. The fourth-order valence-corrected chi connectivity index (χ4v) is 8.41. The van der Waals surface area contributed by atoms with E-state index >= 15 is 0 Å². The summed E-state index contributed by atoms with van der Waals surface area (Å²) in [5.41, 5.74) is -0.473. The van der Waals surface area contributed by atoms with Gasteiger partial charge in [-0.25, -0.2) is 14.6 Å². The number of para-hydroxylation sites is 1. The maximum absolute atomic E-state index is 14.6. The highest BCUT2D eigenvalue weighted by atomic mass is 16.5. The molecule has 2 aliphatic heterocycles. The number of carboxylic acid groups (broad SMARTS) is 1. The van der Waals surface area contributed by atoms with E-state index in [9.17, 15) is 39.3 Å². The predicted molar refractivity (Wildman–Crippen MR) is 170 cm³/mol. The van der Waals surface area contributed by atoms with Crippen molar-refractivity contribution < 1.29 is 48.8 Å². The molecule has 12 heteroatoms. The second-order valence-electron chi connectivity index (χ2n) is 12.8. The first-order chi connectivity index (χ1) is 22.9. The number of imide groups is 2. The van der Waals surface area contributed by atoms with E-state index in [4.69, 9.17) is 9.47 Å². The van der Waals surface area contributed by atoms with Crippen LogP contribution in [0.1, 0.15) is 41.6 Å². The summed E-state index contributed by atoms with van der Waals surface area (Å²) in [5.74, 6) is -7.91. The second kappa shape index (κ2) is 11.0. The van der Waals surface area contributed by atoms with E-state index in [-0.39, 0.29) is 41.2 Å². The largest absolute Gasteiger partial charge is 0.507 e. The number of fused-ring (bicyclic) bond motifs is 4. The van der Waals surface area contributed by atoms with Gasteiger partial charge >= 0.3 is 5.97 Å². The highest BCUT2D eigenvalue weighted by Gasteiger charge is 2.68. The summed E-state index contributed by atoms with van der Waals surface area (Å²) in [4.78, 5) is 70.7. The van der Waals surface area contributed by atoms with Gasteiger partial charge in [0.1, 0.15) is 28.6 Å². The highest BCUT2D eigenvalue weighted by Crippen LogP contribution is 2.65. The van der Waals surface area contributed by atoms with Gasteiger partial charge in [0.2, 0.25) is 23.6 Å². The van der Waals surface area contributed by atoms with E-state index in [0.717, 1.165) is 17.0 Å². The van der Waals surface area contributed by atoms with Gasteiger partial charge in [-0.1, -0.05) is 29.8 Å². The van der Waals surface area contributed by atoms with E-state index in [0.29, 0.717) is 17.0 Å². The maximum atomic E-state index is 14.6. The van der Waals surface area contributed by atoms with Crippen molar-refractivity contribution >= 4 is 41.0 Å². The Kier molecular flexibility index (Phi) is 7.08. The van der Waals surface area contributed by atoms with Gasteiger partial charge in [0.05, 0.1) is 48.8 Å². The minimum Gasteiger partial charge on any atom is -0.507 e. The van der Waals surface area contributed by atoms with E-state index in [1.807, 2.05) is 6.08 Å². The highest BCUT2D eigenvalue weighted by molar-refractivity contribution is 6.25. The lowest BCUT2D eigenvalue weighted by atomic mass is 9.51. The average Bonchev–Trinajstić information content (AvgIpc) is 3.44. The van der Waals surface area contributed by atoms with Gasteiger partial charge in [0.15, 0.2) is 0 Å². The molecule has 0 bridgehead atoms. The Morgan fingerprint density at radius 2 is 1.56 bits per heavy atom. The van der Waals surface area contributed by atoms with Crippen molar-refractivity contribution in [2.45, 2.75) is 25.7 Å². The summed E-state index contributed by atoms with van der Waals surface area (Å²) in [6.45, 7) is 1.71. The number of carbonyl (C=O) groups excluding carboxylic acids is 4. The number of methoxy groups -OCH3 is 2. The number of ether oxygens (including phenoxy) is 2. The SMILES string of the molecule is COc1cc(O)c([C@H]2C3=CC[C@@H]4C(=O)N(c5ccc(C(=O)O)c(O)c5)C(=O)[C@@H]4[C@@H]3C[C@H]3C(=O)N(c4ccccc4)C(=O)[C@@]23C)c(OC)c1. The summed E-state index contributed by atoms with van der Waals surface area (Å²) in [5, 5.41) is 31.2. The Bertz CT molecular complexity index is 1960. The molecule has 7 rings (SSSR count). The quantitative estimate of drug-likeness (QED) is 0.258. The molecule has 3 fully saturated rings. The summed E-state index contributed by atoms with van der Waals surface area (Å²) >= 11 is 0. The molecule has 0 aromatic heterocycles. The molecular weight excluding hydrogens is 620 g/mol. The number of amides is 4. The Morgan fingerprint density at radius 3 is 2.21 bits per heavy atom. The summed E-state index contributed by atoms with van der Waals surface area (Å²) in [7, 11) is 2.86. The molecule has 1 saturated carbocycles. The molecule has 4 amide bonds. The van der Waals surface area contributed by atoms with Gasteiger partial charge in [-0.3, -0.25) is 19.2 Å². The monoisotopic (exact) mass is 652 g/mol. The van der Waals surface area contributed by atoms with Crippen LogP contribution >= 0.6 is 0 Å². The van der Waals surface area contributed by atoms with Crippen LogP contribution in [-0.2, 0) is 19.2 Å². The van der Waals surface area contributed by atoms with Crippen LogP contribution in [0.2, 0.25) is 0 Å². The van der Waals surface area contributed by atoms with Crippen molar-refractivity contribution in [1.29, 1.82) is 0 Å². The molecule has 2 aliphatic carbocycles. The van der Waals surface area contributed by atoms with Crippen molar-refractivity contribution in [2.24, 2.45) is 29.1 Å². The number of aromatic hydroxyl groups is 2. The lowest BCUT2D eigenvalue weighted by molar-refractivity contribution is -0.131. The summed E-state index contributed by atoms with van der Waals surface area (Å²) in [6.07, 6.45) is 2.06. The number of allylic oxidation sites excluding steroid dienone is 2. The van der Waals surface area contributed by atoms with Crippen LogP contribution in [0.25, 0.3) is 0 Å². The zero-order valence-electron chi connectivity index (χ0n) is 26.2. The van der Waals surface area contributed by atoms with Gasteiger partial charge < -0.3 is 24.8 Å². The molecule has 48 heavy (non-hydrogen) atoms. The third kappa shape index (κ3) is 4.17. The number of anilines is 2. The van der Waals surface area contributed by atoms with Gasteiger partial charge in [-0.15, -0.1) is 0 Å². The van der Waals surface area contributed by atoms with Crippen LogP contribution in [0.15, 0.2) is 72.3 Å². The number of rotatable bonds is 6. The second-order valence-corrected chi connectivity index (χ2v) is 12.8. The van der Waals surface area contributed by atoms with E-state index in [1.54, 1.807) is 43.3 Å². The van der Waals surface area contributed by atoms with Gasteiger partial charge in [0.25, 0.3) is 0 Å². The molecule has 2 heterocycles. The minimum atomic E-state index is -1.41. The van der Waals surface area contributed by atoms with Crippen LogP contribution in [0.4, 0.5) is 11.4 Å². The molecule has 246 valence electrons. The van der Waals surface area contributed by atoms with E-state index in [2.05, 4.69) is 0 Å². The number of hydrogen-bond donors (Lipinski definition) is 3. The Morgan fingerprint density at radius 1 is 0.833 bits per heavy atom. The maximum Gasteiger partial charge on any atom is 0.339 e. The van der Waals surface area contributed by atoms with Gasteiger partial charge in [-0.05, 0) is 49.9 Å². The zero-order valence-corrected chi connectivity index (χ0v) is 26.2. The normalized spacial score (nSPS) is 27.7. The molecule has 3 aromatic rings. The molecule has 3 N–H and O–H groups in total. The smallest absolute Gasteiger partial charge is 0.339 e. The van der Waals surface area contributed by atoms with Gasteiger partial charge in [-0.2, -0.15) is 0 Å². The number of phenols is 2. The Labute approximate surface area is 274 Å². The number of phenolic OH excluding ortho intramolecular Hbond substituents is 1. The van der Waals surface area contributed by atoms with Crippen molar-refractivity contribution in [2.75, 3.05) is 24.0 Å². The van der Waals surface area contributed by atoms with E-state index < -0.39 is 70.4 Å². The molecule has 3 aromatic carbocycles. The molecule has 12 nitrogen and oxygen atoms in total. The van der Waals surface area contributed by atoms with Crippen molar-refractivity contribution in [3.63, 3.8) is 0 Å². The third-order valence-electron chi connectivity index (χ3n) is 10.6. The number of carbonyl (C=O) groups is 5. The van der Waals surface area contributed by atoms with Crippen LogP contribution in [-0.4, -0.2) is 59.1 Å². The first kappa shape index (κ1) is 31.0. The van der Waals surface area contributed by atoms with Crippen LogP contribution in [0.3, 0.4) is 0 Å². The van der Waals surface area contributed by atoms with Crippen LogP contribution < -0.4 is 19.3 Å². The lowest BCUT2D eigenvalue weighted by Gasteiger charge is -2.49. The van der Waals surface area contributed by atoms with Crippen LogP contribution in [0, 0.1) is 29.1 Å². The Hall–Kier alpha value is -5.65. The fraction of sp³-hybridized carbons (Fsp3) is 0.306. The molecule has 0 unspecified atom stereocenters. The number of carboxylic acids is 1. The van der Waals surface area contributed by atoms with Crippen molar-refractivity contribution in [3.05, 3.63) is 83.4 Å². The minimum absolute atomic E-state index is 0.0255. The molecule has 0 spiro atoms. The number of benzene rings is 3. The van der Waals surface area contributed by atoms with Crippen LogP contribution in [0.5, 0.6) is 23.0 Å². The first-order valence-corrected chi connectivity index (χ1v) is 15.5. The number of hydrogen-bond acceptors (Lipinski definition) is 9. The Balaban J connectivity index is 1.39. The molecule has 2 saturated heterocycles. The first-order valence-electron chi connectivity index (χ1n) is 15.5. The molecule has 6 atom stereocenters. The van der Waals surface area contributed by atoms with Crippen molar-refractivity contribution in [3.8, 4) is 23.0 Å². The topological polar surface area (TPSA) is 171 Å². The van der Waals surface area contributed by atoms with Crippen molar-refractivity contribution in [1.82, 2.24) is 0 Å². The summed E-state index contributed by atoms with van der Waals surface area (Å²) < 4.78 is 11.1. The molecular formula is C36H32N2O10. The zero-order chi connectivity index (χ0) is 34.2. The molecule has 0 radical (unpaired) electrons. The molecule has 4 aliphatic rings. The number of nitrogens with zero attached hydrogens (tertiary/aromatic N) is 2. The van der Waals surface area contributed by atoms with Gasteiger partial charge in [0, 0.05) is 29.7 Å². The fourth-order valence-electron chi connectivity index (χ4n) is 8.41.